The van der Waals surface area contributed by atoms with E-state index in [9.17, 15) is 13.5 Å². The van der Waals surface area contributed by atoms with Gasteiger partial charge in [-0.15, -0.1) is 0 Å². The Hall–Kier alpha value is -1.50. The number of aliphatic hydroxyl groups excluding tert-OH is 1. The first-order valence-electron chi connectivity index (χ1n) is 6.30. The summed E-state index contributed by atoms with van der Waals surface area (Å²) in [5.41, 5.74) is 0.132. The van der Waals surface area contributed by atoms with Gasteiger partial charge in [-0.1, -0.05) is 19.9 Å². The van der Waals surface area contributed by atoms with Gasteiger partial charge in [0.2, 0.25) is 10.0 Å². The fourth-order valence-electron chi connectivity index (χ4n) is 1.73. The highest BCUT2D eigenvalue weighted by Gasteiger charge is 2.23. The molecule has 1 heterocycles. The second-order valence-electron chi connectivity index (χ2n) is 5.47. The Kier molecular flexibility index (Phi) is 4.08. The average molecular weight is 294 g/mol. The summed E-state index contributed by atoms with van der Waals surface area (Å²) in [4.78, 5) is 4.35. The van der Waals surface area contributed by atoms with Crippen LogP contribution in [0.1, 0.15) is 13.8 Å². The van der Waals surface area contributed by atoms with Crippen molar-refractivity contribution >= 4 is 20.9 Å². The van der Waals surface area contributed by atoms with Crippen molar-refractivity contribution in [2.45, 2.75) is 18.7 Å². The molecule has 0 unspecified atom stereocenters. The Bertz CT molecular complexity index is 706. The number of pyridine rings is 1. The number of fused-ring (bicyclic) bond motifs is 1. The number of benzene rings is 1. The number of nitrogens with zero attached hydrogens (tertiary/aromatic N) is 1. The molecule has 2 N–H and O–H groups in total. The van der Waals surface area contributed by atoms with Gasteiger partial charge >= 0.3 is 0 Å². The molecule has 1 aromatic carbocycles. The normalized spacial score (nSPS) is 12.8. The molecule has 108 valence electrons. The summed E-state index contributed by atoms with van der Waals surface area (Å²) < 4.78 is 27.3. The summed E-state index contributed by atoms with van der Waals surface area (Å²) in [6.45, 7) is 3.66. The van der Waals surface area contributed by atoms with Crippen molar-refractivity contribution in [3.05, 3.63) is 36.5 Å². The van der Waals surface area contributed by atoms with Crippen LogP contribution in [0.3, 0.4) is 0 Å². The van der Waals surface area contributed by atoms with Gasteiger partial charge in [-0.3, -0.25) is 4.98 Å². The van der Waals surface area contributed by atoms with Crippen LogP contribution in [0.4, 0.5) is 0 Å². The Morgan fingerprint density at radius 3 is 2.70 bits per heavy atom. The van der Waals surface area contributed by atoms with Gasteiger partial charge in [0.15, 0.2) is 0 Å². The fraction of sp³-hybridized carbons (Fsp3) is 0.357. The Morgan fingerprint density at radius 1 is 1.25 bits per heavy atom. The summed E-state index contributed by atoms with van der Waals surface area (Å²) in [6.07, 6.45) is 1.63. The molecule has 0 aliphatic rings. The average Bonchev–Trinajstić information content (AvgIpc) is 2.45. The van der Waals surface area contributed by atoms with Crippen molar-refractivity contribution in [2.24, 2.45) is 5.41 Å². The van der Waals surface area contributed by atoms with E-state index in [-0.39, 0.29) is 18.0 Å². The lowest BCUT2D eigenvalue weighted by Gasteiger charge is -2.22. The summed E-state index contributed by atoms with van der Waals surface area (Å²) >= 11 is 0. The highest BCUT2D eigenvalue weighted by molar-refractivity contribution is 7.89. The number of aromatic nitrogens is 1. The van der Waals surface area contributed by atoms with Gasteiger partial charge in [-0.2, -0.15) is 0 Å². The van der Waals surface area contributed by atoms with Crippen LogP contribution >= 0.6 is 0 Å². The van der Waals surface area contributed by atoms with Crippen LogP contribution in [0.15, 0.2) is 41.4 Å². The molecule has 6 heteroatoms. The maximum absolute atomic E-state index is 12.4. The second-order valence-corrected chi connectivity index (χ2v) is 7.21. The second kappa shape index (κ2) is 5.47. The Labute approximate surface area is 118 Å². The van der Waals surface area contributed by atoms with Crippen LogP contribution in [0.2, 0.25) is 0 Å². The van der Waals surface area contributed by atoms with E-state index in [1.165, 1.54) is 0 Å². The first-order chi connectivity index (χ1) is 9.36. The molecule has 0 radical (unpaired) electrons. The van der Waals surface area contributed by atoms with Crippen LogP contribution in [0.5, 0.6) is 0 Å². The third-order valence-electron chi connectivity index (χ3n) is 3.06. The van der Waals surface area contributed by atoms with Crippen LogP contribution in [-0.4, -0.2) is 31.7 Å². The molecule has 0 spiro atoms. The van der Waals surface area contributed by atoms with E-state index in [0.29, 0.717) is 10.9 Å². The lowest BCUT2D eigenvalue weighted by atomic mass is 9.96. The molecule has 2 rings (SSSR count). The predicted octanol–water partition coefficient (Wildman–Crippen LogP) is 1.53. The predicted molar refractivity (Wildman–Crippen MR) is 77.8 cm³/mol. The number of nitrogens with one attached hydrogen (secondary N) is 1. The van der Waals surface area contributed by atoms with Gasteiger partial charge in [0.05, 0.1) is 10.4 Å². The van der Waals surface area contributed by atoms with Gasteiger partial charge in [-0.25, -0.2) is 13.1 Å². The lowest BCUT2D eigenvalue weighted by Crippen LogP contribution is -2.36. The van der Waals surface area contributed by atoms with Gasteiger partial charge in [-0.05, 0) is 24.3 Å². The van der Waals surface area contributed by atoms with E-state index in [1.807, 2.05) is 0 Å². The van der Waals surface area contributed by atoms with Gasteiger partial charge in [0, 0.05) is 30.1 Å². The number of hydrogen-bond acceptors (Lipinski definition) is 4. The molecule has 0 fully saturated rings. The van der Waals surface area contributed by atoms with Crippen LogP contribution in [-0.2, 0) is 10.0 Å². The zero-order valence-electron chi connectivity index (χ0n) is 11.5. The molecule has 2 aromatic rings. The third-order valence-corrected chi connectivity index (χ3v) is 4.52. The van der Waals surface area contributed by atoms with Crippen LogP contribution in [0.25, 0.3) is 10.9 Å². The van der Waals surface area contributed by atoms with E-state index in [1.54, 1.807) is 50.4 Å². The SMILES string of the molecule is CC(C)(CO)CNS(=O)(=O)c1cccc2ncccc12. The fourth-order valence-corrected chi connectivity index (χ4v) is 3.19. The summed E-state index contributed by atoms with van der Waals surface area (Å²) in [6, 6.07) is 8.43. The minimum Gasteiger partial charge on any atom is -0.396 e. The number of sulfonamides is 1. The molecule has 5 nitrogen and oxygen atoms in total. The summed E-state index contributed by atoms with van der Waals surface area (Å²) in [7, 11) is -3.63. The van der Waals surface area contributed by atoms with Crippen molar-refractivity contribution in [2.75, 3.05) is 13.2 Å². The van der Waals surface area contributed by atoms with Crippen molar-refractivity contribution in [3.63, 3.8) is 0 Å². The molecule has 0 amide bonds. The van der Waals surface area contributed by atoms with Gasteiger partial charge in [0.25, 0.3) is 0 Å². The molecule has 0 aliphatic carbocycles. The largest absolute Gasteiger partial charge is 0.396 e. The Balaban J connectivity index is 2.38. The number of rotatable bonds is 5. The zero-order chi connectivity index (χ0) is 14.8. The lowest BCUT2D eigenvalue weighted by molar-refractivity contribution is 0.163. The molecular weight excluding hydrogens is 276 g/mol. The van der Waals surface area contributed by atoms with E-state index in [0.717, 1.165) is 0 Å². The number of aliphatic hydroxyl groups is 1. The molecular formula is C14H18N2O3S. The highest BCUT2D eigenvalue weighted by Crippen LogP contribution is 2.22. The van der Waals surface area contributed by atoms with Crippen LogP contribution < -0.4 is 4.72 Å². The van der Waals surface area contributed by atoms with Crippen molar-refractivity contribution in [3.8, 4) is 0 Å². The molecule has 0 saturated heterocycles. The highest BCUT2D eigenvalue weighted by atomic mass is 32.2. The van der Waals surface area contributed by atoms with Crippen molar-refractivity contribution < 1.29 is 13.5 Å². The van der Waals surface area contributed by atoms with Gasteiger partial charge < -0.3 is 5.11 Å². The maximum Gasteiger partial charge on any atom is 0.241 e. The molecule has 0 aliphatic heterocycles. The van der Waals surface area contributed by atoms with Crippen LogP contribution in [0, 0.1) is 5.41 Å². The first-order valence-corrected chi connectivity index (χ1v) is 7.78. The maximum atomic E-state index is 12.4. The summed E-state index contributed by atoms with van der Waals surface area (Å²) in [5.74, 6) is 0. The Morgan fingerprint density at radius 2 is 2.00 bits per heavy atom. The summed E-state index contributed by atoms with van der Waals surface area (Å²) in [5, 5.41) is 9.78. The van der Waals surface area contributed by atoms with E-state index >= 15 is 0 Å². The molecule has 0 saturated carbocycles. The quantitative estimate of drug-likeness (QED) is 0.876. The monoisotopic (exact) mass is 294 g/mol. The molecule has 0 bridgehead atoms. The molecule has 0 atom stereocenters. The molecule has 20 heavy (non-hydrogen) atoms. The molecule has 1 aromatic heterocycles. The minimum atomic E-state index is -3.63. The topological polar surface area (TPSA) is 79.3 Å². The van der Waals surface area contributed by atoms with Crippen molar-refractivity contribution in [1.82, 2.24) is 9.71 Å². The third kappa shape index (κ3) is 3.15. The van der Waals surface area contributed by atoms with E-state index < -0.39 is 15.4 Å². The van der Waals surface area contributed by atoms with Crippen molar-refractivity contribution in [1.29, 1.82) is 0 Å². The smallest absolute Gasteiger partial charge is 0.241 e. The number of hydrogen-bond donors (Lipinski definition) is 2. The van der Waals surface area contributed by atoms with Gasteiger partial charge in [0.1, 0.15) is 0 Å². The first kappa shape index (κ1) is 14.9. The zero-order valence-corrected chi connectivity index (χ0v) is 12.3. The van der Waals surface area contributed by atoms with E-state index in [4.69, 9.17) is 0 Å². The minimum absolute atomic E-state index is 0.0907. The van der Waals surface area contributed by atoms with E-state index in [2.05, 4.69) is 9.71 Å². The standard InChI is InChI=1S/C14H18N2O3S/c1-14(2,10-17)9-16-20(18,19)13-7-3-6-12-11(13)5-4-8-15-12/h3-8,16-17H,9-10H2,1-2H3.